The van der Waals surface area contributed by atoms with Crippen LogP contribution >= 0.6 is 0 Å². The van der Waals surface area contributed by atoms with Crippen molar-refractivity contribution in [3.8, 4) is 17.2 Å². The maximum atomic E-state index is 7.55. The highest BCUT2D eigenvalue weighted by molar-refractivity contribution is 6.05. The maximum absolute atomic E-state index is 7.55. The minimum absolute atomic E-state index is 0.252. The Labute approximate surface area is 568 Å². The normalized spacial score (nSPS) is 20.8. The van der Waals surface area contributed by atoms with Gasteiger partial charge in [-0.2, -0.15) is 0 Å². The van der Waals surface area contributed by atoms with Crippen molar-refractivity contribution in [3.05, 3.63) is 203 Å². The molecule has 3 atom stereocenters. The zero-order valence-corrected chi connectivity index (χ0v) is 58.7. The number of rotatable bonds is 18. The summed E-state index contributed by atoms with van der Waals surface area (Å²) in [5, 5.41) is 6.99. The molecule has 0 aromatic heterocycles. The molecule has 0 fully saturated rings. The molecule has 6 aliphatic heterocycles. The van der Waals surface area contributed by atoms with Crippen LogP contribution in [0.1, 0.15) is 122 Å². The van der Waals surface area contributed by atoms with E-state index in [1.165, 1.54) is 49.7 Å². The van der Waals surface area contributed by atoms with Gasteiger partial charge in [-0.3, -0.25) is 24.7 Å². The van der Waals surface area contributed by atoms with E-state index in [-0.39, 0.29) is 5.41 Å². The third kappa shape index (κ3) is 10.1. The van der Waals surface area contributed by atoms with Crippen molar-refractivity contribution in [2.24, 2.45) is 15.0 Å². The highest BCUT2D eigenvalue weighted by Gasteiger charge is 2.63. The smallest absolute Gasteiger partial charge is 0.290 e. The Balaban J connectivity index is 0.000000213. The average molecular weight is 1280 g/mol. The molecule has 0 bridgehead atoms. The summed E-state index contributed by atoms with van der Waals surface area (Å²) in [7, 11) is 2.12. The van der Waals surface area contributed by atoms with Gasteiger partial charge in [0.05, 0.1) is 41.9 Å². The molecule has 6 aliphatic rings. The van der Waals surface area contributed by atoms with Crippen molar-refractivity contribution in [1.29, 1.82) is 0 Å². The van der Waals surface area contributed by atoms with E-state index in [0.29, 0.717) is 26.3 Å². The van der Waals surface area contributed by atoms with Crippen molar-refractivity contribution in [2.75, 3.05) is 87.3 Å². The lowest BCUT2D eigenvalue weighted by molar-refractivity contribution is 0.00783. The highest BCUT2D eigenvalue weighted by atomic mass is 16.5. The Morgan fingerprint density at radius 2 is 0.802 bits per heavy atom. The van der Waals surface area contributed by atoms with Crippen LogP contribution in [0.15, 0.2) is 179 Å². The molecule has 0 aliphatic carbocycles. The molecule has 13 nitrogen and oxygen atoms in total. The summed E-state index contributed by atoms with van der Waals surface area (Å²) < 4.78 is 28.9. The third-order valence-corrected chi connectivity index (χ3v) is 22.4. The van der Waals surface area contributed by atoms with Gasteiger partial charge in [0.2, 0.25) is 11.4 Å². The fourth-order valence-electron chi connectivity index (χ4n) is 16.5. The molecule has 0 saturated carbocycles. The molecule has 9 aromatic carbocycles. The summed E-state index contributed by atoms with van der Waals surface area (Å²) in [6.45, 7) is 37.4. The topological polar surface area (TPSA) is 93.4 Å². The molecule has 0 amide bonds. The molecule has 6 heterocycles. The van der Waals surface area contributed by atoms with Crippen LogP contribution in [0.25, 0.3) is 32.3 Å². The van der Waals surface area contributed by atoms with Crippen LogP contribution < -0.4 is 28.9 Å². The number of anilines is 3. The summed E-state index contributed by atoms with van der Waals surface area (Å²) in [5.41, 5.74) is 11.0. The quantitative estimate of drug-likeness (QED) is 0.0773. The van der Waals surface area contributed by atoms with E-state index in [4.69, 9.17) is 33.9 Å². The first-order valence-corrected chi connectivity index (χ1v) is 35.1. The molecule has 96 heavy (non-hydrogen) atoms. The summed E-state index contributed by atoms with van der Waals surface area (Å²) in [6, 6.07) is 58.5. The van der Waals surface area contributed by atoms with Crippen LogP contribution in [0.3, 0.4) is 0 Å². The van der Waals surface area contributed by atoms with Gasteiger partial charge in [-0.15, -0.1) is 0 Å². The zero-order valence-electron chi connectivity index (χ0n) is 58.7. The summed E-state index contributed by atoms with van der Waals surface area (Å²) in [6.07, 6.45) is 6.19. The molecule has 3 unspecified atom stereocenters. The number of hydrogen-bond acceptors (Lipinski definition) is 13. The lowest BCUT2D eigenvalue weighted by atomic mass is 9.77. The van der Waals surface area contributed by atoms with Gasteiger partial charge in [0.1, 0.15) is 17.1 Å². The molecule has 0 radical (unpaired) electrons. The Kier molecular flexibility index (Phi) is 16.9. The Morgan fingerprint density at radius 3 is 1.31 bits per heavy atom. The minimum atomic E-state index is -1.01. The summed E-state index contributed by atoms with van der Waals surface area (Å²) in [5.74, 6) is 1.69. The van der Waals surface area contributed by atoms with E-state index in [9.17, 15) is 0 Å². The number of benzene rings is 9. The van der Waals surface area contributed by atoms with Gasteiger partial charge >= 0.3 is 0 Å². The second-order valence-corrected chi connectivity index (χ2v) is 28.2. The first kappa shape index (κ1) is 64.7. The number of fused-ring (bicyclic) bond motifs is 12. The van der Waals surface area contributed by atoms with Gasteiger partial charge in [0.15, 0.2) is 11.5 Å². The minimum Gasteiger partial charge on any atom is -0.459 e. The molecule has 3 spiro atoms. The molecule has 15 rings (SSSR count). The number of ether oxygens (including phenoxy) is 4. The largest absolute Gasteiger partial charge is 0.459 e. The van der Waals surface area contributed by atoms with Crippen molar-refractivity contribution < 1.29 is 18.9 Å². The molecule has 0 N–H and O–H groups in total. The first-order chi connectivity index (χ1) is 46.4. The van der Waals surface area contributed by atoms with Crippen molar-refractivity contribution in [2.45, 2.75) is 136 Å². The van der Waals surface area contributed by atoms with Crippen LogP contribution in [0.5, 0.6) is 17.2 Å². The van der Waals surface area contributed by atoms with E-state index in [1.807, 2.05) is 6.21 Å². The Bertz CT molecular complexity index is 4330. The number of nitrogens with zero attached hydrogens (tertiary/aromatic N) is 9. The summed E-state index contributed by atoms with van der Waals surface area (Å²) in [4.78, 5) is 30.2. The number of para-hydroxylation sites is 3. The second-order valence-electron chi connectivity index (χ2n) is 28.2. The van der Waals surface area contributed by atoms with Gasteiger partial charge < -0.3 is 33.6 Å². The lowest BCUT2D eigenvalue weighted by Crippen LogP contribution is -2.63. The number of aliphatic imine (C=N–C) groups is 3. The van der Waals surface area contributed by atoms with Crippen LogP contribution in [0.4, 0.5) is 28.4 Å². The maximum Gasteiger partial charge on any atom is 0.290 e. The van der Waals surface area contributed by atoms with E-state index in [0.717, 1.165) is 126 Å². The SMILES string of the molecule is CCN(CC)Cc1cc2ccccc2c2c1OC1(C=N2)N(C)c2ccccc2C1(C)C.CCN(CC)Cc1cc2ccccc2c2c1OC1(N=C2)N(CCOCCN2c3ccccc3C(C)(C)C23C=Nc2c(c(CN(CC)CC)cc4ccccc24)O3)c2ccccc2C1(C)C. The first-order valence-electron chi connectivity index (χ1n) is 35.1. The predicted molar refractivity (Wildman–Crippen MR) is 398 cm³/mol. The van der Waals surface area contributed by atoms with Gasteiger partial charge in [0.25, 0.3) is 5.85 Å². The van der Waals surface area contributed by atoms with Crippen LogP contribution in [-0.2, 0) is 40.6 Å². The highest BCUT2D eigenvalue weighted by Crippen LogP contribution is 2.59. The van der Waals surface area contributed by atoms with Crippen molar-refractivity contribution in [3.63, 3.8) is 0 Å². The van der Waals surface area contributed by atoms with E-state index < -0.39 is 28.1 Å². The van der Waals surface area contributed by atoms with E-state index >= 15 is 0 Å². The molecular weight excluding hydrogens is 1190 g/mol. The third-order valence-electron chi connectivity index (χ3n) is 22.4. The van der Waals surface area contributed by atoms with E-state index in [2.05, 4.69) is 296 Å². The molecule has 13 heteroatoms. The zero-order chi connectivity index (χ0) is 66.9. The van der Waals surface area contributed by atoms with E-state index in [1.54, 1.807) is 0 Å². The molecule has 9 aromatic rings. The second kappa shape index (κ2) is 25.1. The molecular formula is C83H95N9O4. The van der Waals surface area contributed by atoms with Gasteiger partial charge in [0, 0.05) is 96.1 Å². The fraction of sp³-hybridized carbons (Fsp3) is 0.386. The Hall–Kier alpha value is -8.59. The van der Waals surface area contributed by atoms with Crippen LogP contribution in [-0.4, -0.2) is 123 Å². The van der Waals surface area contributed by atoms with Crippen LogP contribution in [0.2, 0.25) is 0 Å². The fourth-order valence-corrected chi connectivity index (χ4v) is 16.5. The average Bonchev–Trinajstić information content (AvgIpc) is 1.52. The molecule has 496 valence electrons. The predicted octanol–water partition coefficient (Wildman–Crippen LogP) is 17.1. The van der Waals surface area contributed by atoms with Crippen molar-refractivity contribution in [1.82, 2.24) is 14.7 Å². The van der Waals surface area contributed by atoms with Gasteiger partial charge in [-0.1, -0.05) is 169 Å². The number of hydrogen-bond donors (Lipinski definition) is 0. The monoisotopic (exact) mass is 1280 g/mol. The number of likely N-dealkylation sites (N-methyl/N-ethyl adjacent to an activating group) is 1. The molecule has 0 saturated heterocycles. The van der Waals surface area contributed by atoms with Crippen LogP contribution in [0, 0.1) is 0 Å². The summed E-state index contributed by atoms with van der Waals surface area (Å²) >= 11 is 0. The standard InChI is InChI=1S/C56H64N6O3.C27H31N3O/c1-9-59(10-2)36-41-33-39-21-13-15-23-43(39)45-35-58-56(65-51(41)45)54(7,8)47-26-18-20-28-49(47)62(56)30-32-63-31-29-61-48-27-19-17-25-46(48)53(5,6)55(61)38-57-50-44-24-16-14-22-40(44)34-42(52(50)64-55)37-60(11-3)12-4;1-6-30(7-2)17-20-16-19-12-8-9-13-21(19)24-25(20)31-27(18-28-24)26(3,4)22-14-10-11-15-23(22)29(27)5/h13-28,33-35,38H,9-12,29-32,36-37H2,1-8H3;8-16,18H,6-7,17H2,1-5H3. The van der Waals surface area contributed by atoms with Gasteiger partial charge in [-0.25, -0.2) is 4.99 Å². The van der Waals surface area contributed by atoms with Crippen molar-refractivity contribution >= 4 is 79.4 Å². The lowest BCUT2D eigenvalue weighted by Gasteiger charge is -2.47. The van der Waals surface area contributed by atoms with Gasteiger partial charge in [-0.05, 0) is 155 Å². The Morgan fingerprint density at radius 1 is 0.417 bits per heavy atom.